The summed E-state index contributed by atoms with van der Waals surface area (Å²) in [6.07, 6.45) is 8.29. The lowest BCUT2D eigenvalue weighted by molar-refractivity contribution is -0.114. The van der Waals surface area contributed by atoms with Crippen molar-refractivity contribution in [1.82, 2.24) is 9.80 Å². The van der Waals surface area contributed by atoms with E-state index >= 15 is 0 Å². The predicted molar refractivity (Wildman–Crippen MR) is 76.3 cm³/mol. The fourth-order valence-corrected chi connectivity index (χ4v) is 3.30. The molecule has 2 rings (SSSR count). The van der Waals surface area contributed by atoms with E-state index in [4.69, 9.17) is 4.74 Å². The molecule has 3 atom stereocenters. The lowest BCUT2D eigenvalue weighted by atomic mass is 9.97. The molecule has 0 aromatic heterocycles. The lowest BCUT2D eigenvalue weighted by Gasteiger charge is -2.37. The number of ether oxygens (including phenoxy) is 1. The van der Waals surface area contributed by atoms with Gasteiger partial charge >= 0.3 is 0 Å². The number of hydrogen-bond donors (Lipinski definition) is 0. The summed E-state index contributed by atoms with van der Waals surface area (Å²) in [5.41, 5.74) is 0. The monoisotopic (exact) mass is 268 g/mol. The molecule has 4 heteroatoms. The second-order valence-corrected chi connectivity index (χ2v) is 6.12. The van der Waals surface area contributed by atoms with Crippen molar-refractivity contribution < 1.29 is 9.53 Å². The van der Waals surface area contributed by atoms with Crippen molar-refractivity contribution in [3.05, 3.63) is 0 Å². The van der Waals surface area contributed by atoms with Crippen molar-refractivity contribution in [2.24, 2.45) is 0 Å². The van der Waals surface area contributed by atoms with Gasteiger partial charge in [-0.1, -0.05) is 6.42 Å². The Labute approximate surface area is 117 Å². The summed E-state index contributed by atoms with van der Waals surface area (Å²) in [5.74, 6) is 0. The number of hydrogen-bond acceptors (Lipinski definition) is 4. The maximum Gasteiger partial charge on any atom is 0.137 e. The van der Waals surface area contributed by atoms with E-state index in [1.807, 2.05) is 0 Å². The van der Waals surface area contributed by atoms with Gasteiger partial charge in [0.25, 0.3) is 0 Å². The summed E-state index contributed by atoms with van der Waals surface area (Å²) in [7, 11) is 4.25. The predicted octanol–water partition coefficient (Wildman–Crippen LogP) is 1.54. The molecule has 0 aromatic carbocycles. The zero-order chi connectivity index (χ0) is 13.7. The molecule has 2 aliphatic heterocycles. The van der Waals surface area contributed by atoms with Gasteiger partial charge in [-0.2, -0.15) is 0 Å². The fourth-order valence-electron chi connectivity index (χ4n) is 3.30. The van der Waals surface area contributed by atoms with Crippen LogP contribution in [0, 0.1) is 0 Å². The lowest BCUT2D eigenvalue weighted by Crippen LogP contribution is -2.47. The minimum Gasteiger partial charge on any atom is -0.378 e. The third-order valence-electron chi connectivity index (χ3n) is 4.84. The summed E-state index contributed by atoms with van der Waals surface area (Å²) >= 11 is 0. The Hall–Kier alpha value is -0.450. The van der Waals surface area contributed by atoms with Crippen molar-refractivity contribution in [3.8, 4) is 0 Å². The molecular weight excluding hydrogens is 240 g/mol. The number of piperidine rings is 2. The van der Waals surface area contributed by atoms with Gasteiger partial charge in [0.15, 0.2) is 0 Å². The molecule has 2 heterocycles. The maximum absolute atomic E-state index is 11.0. The SMILES string of the molecule is CN1CCCCC1COCC1CCCC(C=O)N1C. The van der Waals surface area contributed by atoms with Crippen LogP contribution < -0.4 is 0 Å². The summed E-state index contributed by atoms with van der Waals surface area (Å²) in [6.45, 7) is 2.81. The molecule has 19 heavy (non-hydrogen) atoms. The summed E-state index contributed by atoms with van der Waals surface area (Å²) in [4.78, 5) is 15.6. The second kappa shape index (κ2) is 7.36. The molecule has 2 saturated heterocycles. The number of likely N-dealkylation sites (tertiary alicyclic amines) is 2. The fraction of sp³-hybridized carbons (Fsp3) is 0.933. The second-order valence-electron chi connectivity index (χ2n) is 6.12. The van der Waals surface area contributed by atoms with Crippen molar-refractivity contribution in [2.45, 2.75) is 56.7 Å². The molecule has 0 saturated carbocycles. The van der Waals surface area contributed by atoms with Crippen LogP contribution in [0.1, 0.15) is 38.5 Å². The Balaban J connectivity index is 1.71. The number of carbonyl (C=O) groups excluding carboxylic acids is 1. The van der Waals surface area contributed by atoms with E-state index in [1.165, 1.54) is 25.8 Å². The van der Waals surface area contributed by atoms with Crippen LogP contribution in [0.15, 0.2) is 0 Å². The van der Waals surface area contributed by atoms with Crippen LogP contribution in [0.2, 0.25) is 0 Å². The van der Waals surface area contributed by atoms with Gasteiger partial charge < -0.3 is 14.4 Å². The molecule has 0 spiro atoms. The molecule has 0 N–H and O–H groups in total. The Morgan fingerprint density at radius 3 is 2.53 bits per heavy atom. The van der Waals surface area contributed by atoms with Crippen molar-refractivity contribution in [1.29, 1.82) is 0 Å². The largest absolute Gasteiger partial charge is 0.378 e. The van der Waals surface area contributed by atoms with Crippen LogP contribution in [-0.4, -0.2) is 68.1 Å². The van der Waals surface area contributed by atoms with Gasteiger partial charge in [0, 0.05) is 12.1 Å². The molecule has 2 fully saturated rings. The first-order chi connectivity index (χ1) is 9.22. The molecule has 3 unspecified atom stereocenters. The van der Waals surface area contributed by atoms with E-state index in [2.05, 4.69) is 23.9 Å². The van der Waals surface area contributed by atoms with Crippen LogP contribution in [0.3, 0.4) is 0 Å². The van der Waals surface area contributed by atoms with Gasteiger partial charge in [-0.3, -0.25) is 4.90 Å². The van der Waals surface area contributed by atoms with Crippen LogP contribution in [0.4, 0.5) is 0 Å². The van der Waals surface area contributed by atoms with Gasteiger partial charge in [0.05, 0.1) is 19.3 Å². The first-order valence-corrected chi connectivity index (χ1v) is 7.67. The van der Waals surface area contributed by atoms with E-state index in [9.17, 15) is 4.79 Å². The van der Waals surface area contributed by atoms with Gasteiger partial charge in [0.2, 0.25) is 0 Å². The highest BCUT2D eigenvalue weighted by Gasteiger charge is 2.27. The Morgan fingerprint density at radius 2 is 1.79 bits per heavy atom. The first-order valence-electron chi connectivity index (χ1n) is 7.67. The topological polar surface area (TPSA) is 32.8 Å². The molecule has 0 radical (unpaired) electrons. The average Bonchev–Trinajstić information content (AvgIpc) is 2.43. The molecule has 0 aliphatic carbocycles. The van der Waals surface area contributed by atoms with Gasteiger partial charge in [0.1, 0.15) is 6.29 Å². The molecule has 4 nitrogen and oxygen atoms in total. The van der Waals surface area contributed by atoms with Crippen molar-refractivity contribution in [3.63, 3.8) is 0 Å². The number of carbonyl (C=O) groups is 1. The highest BCUT2D eigenvalue weighted by molar-refractivity contribution is 5.57. The zero-order valence-electron chi connectivity index (χ0n) is 12.4. The van der Waals surface area contributed by atoms with Crippen LogP contribution in [0.5, 0.6) is 0 Å². The zero-order valence-corrected chi connectivity index (χ0v) is 12.4. The van der Waals surface area contributed by atoms with Gasteiger partial charge in [-0.25, -0.2) is 0 Å². The number of aldehydes is 1. The van der Waals surface area contributed by atoms with Gasteiger partial charge in [-0.15, -0.1) is 0 Å². The smallest absolute Gasteiger partial charge is 0.137 e. The normalized spacial score (nSPS) is 34.3. The van der Waals surface area contributed by atoms with Crippen LogP contribution in [-0.2, 0) is 9.53 Å². The summed E-state index contributed by atoms with van der Waals surface area (Å²) in [5, 5.41) is 0. The van der Waals surface area contributed by atoms with Crippen LogP contribution >= 0.6 is 0 Å². The minimum absolute atomic E-state index is 0.0969. The molecular formula is C15H28N2O2. The van der Waals surface area contributed by atoms with E-state index in [1.54, 1.807) is 0 Å². The highest BCUT2D eigenvalue weighted by atomic mass is 16.5. The number of nitrogens with zero attached hydrogens (tertiary/aromatic N) is 2. The molecule has 110 valence electrons. The maximum atomic E-state index is 11.0. The molecule has 0 bridgehead atoms. The Bertz CT molecular complexity index is 285. The van der Waals surface area contributed by atoms with E-state index < -0.39 is 0 Å². The number of rotatable bonds is 5. The standard InChI is InChI=1S/C15H28N2O2/c1-16-9-4-3-6-14(16)11-19-12-15-8-5-7-13(10-18)17(15)2/h10,13-15H,3-9,11-12H2,1-2H3. The molecule has 0 amide bonds. The molecule has 2 aliphatic rings. The van der Waals surface area contributed by atoms with Gasteiger partial charge in [-0.05, 0) is 52.7 Å². The summed E-state index contributed by atoms with van der Waals surface area (Å²) in [6, 6.07) is 1.10. The minimum atomic E-state index is 0.0969. The Morgan fingerprint density at radius 1 is 1.05 bits per heavy atom. The third-order valence-corrected chi connectivity index (χ3v) is 4.84. The average molecular weight is 268 g/mol. The first kappa shape index (κ1) is 14.9. The quantitative estimate of drug-likeness (QED) is 0.708. The highest BCUT2D eigenvalue weighted by Crippen LogP contribution is 2.21. The third kappa shape index (κ3) is 4.01. The van der Waals surface area contributed by atoms with Crippen LogP contribution in [0.25, 0.3) is 0 Å². The Kier molecular flexibility index (Phi) is 5.79. The number of likely N-dealkylation sites (N-methyl/N-ethyl adjacent to an activating group) is 2. The van der Waals surface area contributed by atoms with E-state index in [0.717, 1.165) is 38.8 Å². The van der Waals surface area contributed by atoms with Crippen molar-refractivity contribution >= 4 is 6.29 Å². The summed E-state index contributed by atoms with van der Waals surface area (Å²) < 4.78 is 5.95. The van der Waals surface area contributed by atoms with E-state index in [-0.39, 0.29) is 6.04 Å². The van der Waals surface area contributed by atoms with Crippen molar-refractivity contribution in [2.75, 3.05) is 33.9 Å². The molecule has 0 aromatic rings. The van der Waals surface area contributed by atoms with E-state index in [0.29, 0.717) is 12.1 Å².